The number of amides is 1. The van der Waals surface area contributed by atoms with E-state index in [1.165, 1.54) is 10.8 Å². The molecule has 0 fully saturated rings. The fourth-order valence-corrected chi connectivity index (χ4v) is 4.98. The molecule has 0 bridgehead atoms. The Bertz CT molecular complexity index is 1180. The zero-order valence-electron chi connectivity index (χ0n) is 18.6. The van der Waals surface area contributed by atoms with E-state index in [0.29, 0.717) is 23.5 Å². The molecule has 0 spiro atoms. The lowest BCUT2D eigenvalue weighted by Crippen LogP contribution is -2.55. The molecule has 0 N–H and O–H groups in total. The van der Waals surface area contributed by atoms with Crippen LogP contribution in [0.15, 0.2) is 83.5 Å². The third kappa shape index (κ3) is 4.30. The Morgan fingerprint density at radius 1 is 1.00 bits per heavy atom. The Morgan fingerprint density at radius 3 is 2.47 bits per heavy atom. The molecule has 0 aliphatic carbocycles. The monoisotopic (exact) mass is 445 g/mol. The van der Waals surface area contributed by atoms with Gasteiger partial charge in [0.1, 0.15) is 5.76 Å². The van der Waals surface area contributed by atoms with Crippen LogP contribution in [0.1, 0.15) is 32.8 Å². The third-order valence-electron chi connectivity index (χ3n) is 5.98. The minimum Gasteiger partial charge on any atom is -0.477 e. The lowest BCUT2D eigenvalue weighted by molar-refractivity contribution is -0.148. The largest absolute Gasteiger partial charge is 0.477 e. The van der Waals surface area contributed by atoms with Crippen LogP contribution < -0.4 is 0 Å². The van der Waals surface area contributed by atoms with Crippen molar-refractivity contribution < 1.29 is 14.3 Å². The number of ketones is 1. The molecule has 0 saturated heterocycles. The maximum absolute atomic E-state index is 13.4. The van der Waals surface area contributed by atoms with E-state index in [4.69, 9.17) is 4.74 Å². The number of nitrogens with zero attached hydrogens (tertiary/aromatic N) is 1. The van der Waals surface area contributed by atoms with Crippen LogP contribution in [0.2, 0.25) is 0 Å². The van der Waals surface area contributed by atoms with Crippen LogP contribution in [-0.2, 0) is 14.3 Å². The number of allylic oxidation sites excluding steroid dienone is 1. The zero-order chi connectivity index (χ0) is 22.7. The maximum Gasteiger partial charge on any atom is 0.261 e. The fraction of sp³-hybridized carbons (Fsp3) is 0.259. The van der Waals surface area contributed by atoms with Gasteiger partial charge in [-0.05, 0) is 43.2 Å². The number of carbonyl (C=O) groups excluding carboxylic acids is 2. The van der Waals surface area contributed by atoms with Crippen LogP contribution >= 0.6 is 11.8 Å². The third-order valence-corrected chi connectivity index (χ3v) is 7.05. The van der Waals surface area contributed by atoms with Gasteiger partial charge in [0.05, 0.1) is 11.1 Å². The van der Waals surface area contributed by atoms with Crippen LogP contribution in [0.25, 0.3) is 16.3 Å². The van der Waals surface area contributed by atoms with Gasteiger partial charge < -0.3 is 4.74 Å². The van der Waals surface area contributed by atoms with Gasteiger partial charge in [-0.1, -0.05) is 66.7 Å². The van der Waals surface area contributed by atoms with Crippen LogP contribution in [-0.4, -0.2) is 34.6 Å². The smallest absolute Gasteiger partial charge is 0.261 e. The molecule has 1 amide bonds. The molecule has 3 aromatic rings. The van der Waals surface area contributed by atoms with E-state index in [1.807, 2.05) is 62.4 Å². The van der Waals surface area contributed by atoms with E-state index in [-0.39, 0.29) is 18.4 Å². The summed E-state index contributed by atoms with van der Waals surface area (Å²) in [5, 5.41) is 2.38. The zero-order valence-corrected chi connectivity index (χ0v) is 19.4. The van der Waals surface area contributed by atoms with Gasteiger partial charge in [-0.2, -0.15) is 0 Å². The summed E-state index contributed by atoms with van der Waals surface area (Å²) in [4.78, 5) is 29.3. The molecule has 1 heterocycles. The maximum atomic E-state index is 13.4. The van der Waals surface area contributed by atoms with Crippen molar-refractivity contribution in [1.29, 1.82) is 0 Å². The summed E-state index contributed by atoms with van der Waals surface area (Å²) in [6, 6.07) is 23.9. The van der Waals surface area contributed by atoms with Gasteiger partial charge in [-0.25, -0.2) is 0 Å². The van der Waals surface area contributed by atoms with Crippen molar-refractivity contribution in [1.82, 2.24) is 4.90 Å². The molecule has 0 atom stereocenters. The summed E-state index contributed by atoms with van der Waals surface area (Å²) < 4.78 is 5.81. The molecule has 5 heteroatoms. The SMILES string of the molecule is CC1=C(c2ccccc2)C(=O)N(C(C)(C)C(=O)CCSc2cccc3ccccc23)CO1. The molecule has 4 rings (SSSR count). The molecule has 164 valence electrons. The van der Waals surface area contributed by atoms with Crippen LogP contribution in [0.4, 0.5) is 0 Å². The molecule has 4 nitrogen and oxygen atoms in total. The minimum atomic E-state index is -0.961. The van der Waals surface area contributed by atoms with E-state index in [1.54, 1.807) is 23.6 Å². The van der Waals surface area contributed by atoms with Crippen molar-refractivity contribution in [3.05, 3.63) is 84.1 Å². The normalized spacial score (nSPS) is 14.6. The van der Waals surface area contributed by atoms with Gasteiger partial charge in [0.25, 0.3) is 5.91 Å². The molecule has 1 aliphatic heterocycles. The molecule has 32 heavy (non-hydrogen) atoms. The highest BCUT2D eigenvalue weighted by molar-refractivity contribution is 7.99. The number of Topliss-reactive ketones (excluding diaryl/α,β-unsaturated/α-hetero) is 1. The van der Waals surface area contributed by atoms with Crippen LogP contribution in [0.3, 0.4) is 0 Å². The van der Waals surface area contributed by atoms with E-state index < -0.39 is 5.54 Å². The molecule has 0 saturated carbocycles. The summed E-state index contributed by atoms with van der Waals surface area (Å²) in [6.45, 7) is 5.49. The van der Waals surface area contributed by atoms with Crippen molar-refractivity contribution >= 4 is 39.8 Å². The van der Waals surface area contributed by atoms with Crippen molar-refractivity contribution in [2.24, 2.45) is 0 Å². The summed E-state index contributed by atoms with van der Waals surface area (Å²) in [5.41, 5.74) is 0.356. The van der Waals surface area contributed by atoms with Gasteiger partial charge in [-0.3, -0.25) is 14.5 Å². The lowest BCUT2D eigenvalue weighted by atomic mass is 9.92. The first-order valence-electron chi connectivity index (χ1n) is 10.7. The van der Waals surface area contributed by atoms with E-state index >= 15 is 0 Å². The Kier molecular flexibility index (Phi) is 6.38. The number of carbonyl (C=O) groups is 2. The van der Waals surface area contributed by atoms with Crippen molar-refractivity contribution in [3.63, 3.8) is 0 Å². The van der Waals surface area contributed by atoms with Crippen LogP contribution in [0, 0.1) is 0 Å². The Labute approximate surface area is 193 Å². The second kappa shape index (κ2) is 9.21. The minimum absolute atomic E-state index is 0.0224. The molecular formula is C27H27NO3S. The summed E-state index contributed by atoms with van der Waals surface area (Å²) in [6.07, 6.45) is 0.369. The molecule has 0 unspecified atom stereocenters. The molecule has 0 aromatic heterocycles. The second-order valence-electron chi connectivity index (χ2n) is 8.36. The number of fused-ring (bicyclic) bond motifs is 1. The van der Waals surface area contributed by atoms with Crippen molar-refractivity contribution in [2.45, 2.75) is 37.6 Å². The highest BCUT2D eigenvalue weighted by Gasteiger charge is 2.41. The molecule has 0 radical (unpaired) electrons. The van der Waals surface area contributed by atoms with Crippen molar-refractivity contribution in [2.75, 3.05) is 12.5 Å². The Balaban J connectivity index is 1.46. The second-order valence-corrected chi connectivity index (χ2v) is 9.50. The molecular weight excluding hydrogens is 418 g/mol. The highest BCUT2D eigenvalue weighted by atomic mass is 32.2. The summed E-state index contributed by atoms with van der Waals surface area (Å²) in [7, 11) is 0. The number of ether oxygens (including phenoxy) is 1. The number of benzene rings is 3. The summed E-state index contributed by atoms with van der Waals surface area (Å²) in [5.74, 6) is 1.10. The number of hydrogen-bond acceptors (Lipinski definition) is 4. The molecule has 1 aliphatic rings. The molecule has 3 aromatic carbocycles. The van der Waals surface area contributed by atoms with Gasteiger partial charge in [0, 0.05) is 17.1 Å². The quantitative estimate of drug-likeness (QED) is 0.424. The number of rotatable bonds is 7. The van der Waals surface area contributed by atoms with E-state index in [2.05, 4.69) is 24.3 Å². The number of thioether (sulfide) groups is 1. The Hall–Kier alpha value is -3.05. The first kappa shape index (κ1) is 22.2. The Morgan fingerprint density at radius 2 is 1.69 bits per heavy atom. The van der Waals surface area contributed by atoms with Gasteiger partial charge >= 0.3 is 0 Å². The van der Waals surface area contributed by atoms with Crippen molar-refractivity contribution in [3.8, 4) is 0 Å². The van der Waals surface area contributed by atoms with Gasteiger partial charge in [0.15, 0.2) is 12.5 Å². The first-order chi connectivity index (χ1) is 15.4. The predicted molar refractivity (Wildman–Crippen MR) is 130 cm³/mol. The topological polar surface area (TPSA) is 46.6 Å². The fourth-order valence-electron chi connectivity index (χ4n) is 3.96. The number of hydrogen-bond donors (Lipinski definition) is 0. The van der Waals surface area contributed by atoms with E-state index in [9.17, 15) is 9.59 Å². The standard InChI is InChI=1S/C27H27NO3S/c1-19-25(21-11-5-4-6-12-21)26(30)28(18-31-19)27(2,3)24(29)16-17-32-23-15-9-13-20-10-7-8-14-22(20)23/h4-15H,16-18H2,1-3H3. The summed E-state index contributed by atoms with van der Waals surface area (Å²) >= 11 is 1.67. The van der Waals surface area contributed by atoms with Gasteiger partial charge in [0.2, 0.25) is 0 Å². The van der Waals surface area contributed by atoms with Gasteiger partial charge in [-0.15, -0.1) is 11.8 Å². The van der Waals surface area contributed by atoms with Crippen LogP contribution in [0.5, 0.6) is 0 Å². The average molecular weight is 446 g/mol. The van der Waals surface area contributed by atoms with E-state index in [0.717, 1.165) is 10.5 Å². The average Bonchev–Trinajstić information content (AvgIpc) is 2.79. The lowest BCUT2D eigenvalue weighted by Gasteiger charge is -2.40. The first-order valence-corrected chi connectivity index (χ1v) is 11.7. The highest BCUT2D eigenvalue weighted by Crippen LogP contribution is 2.32. The predicted octanol–water partition coefficient (Wildman–Crippen LogP) is 5.92.